The van der Waals surface area contributed by atoms with Gasteiger partial charge in [-0.25, -0.2) is 0 Å². The third kappa shape index (κ3) is 5.56. The Kier molecular flexibility index (Phi) is 8.28. The molecule has 0 aromatic heterocycles. The van der Waals surface area contributed by atoms with Gasteiger partial charge in [-0.15, -0.1) is 24.0 Å². The number of benzene rings is 2. The summed E-state index contributed by atoms with van der Waals surface area (Å²) in [5, 5.41) is 7.08. The molecule has 2 heterocycles. The van der Waals surface area contributed by atoms with E-state index in [9.17, 15) is 0 Å². The van der Waals surface area contributed by atoms with E-state index in [-0.39, 0.29) is 24.0 Å². The molecule has 0 spiro atoms. The maximum atomic E-state index is 5.53. The Morgan fingerprint density at radius 2 is 2.00 bits per heavy atom. The number of methoxy groups -OCH3 is 1. The molecule has 168 valence electrons. The third-order valence-corrected chi connectivity index (χ3v) is 6.13. The summed E-state index contributed by atoms with van der Waals surface area (Å²) in [5.41, 5.74) is 5.28. The van der Waals surface area contributed by atoms with Crippen LogP contribution < -0.4 is 25.2 Å². The van der Waals surface area contributed by atoms with E-state index in [1.807, 2.05) is 19.2 Å². The van der Waals surface area contributed by atoms with Crippen molar-refractivity contribution in [1.29, 1.82) is 0 Å². The minimum absolute atomic E-state index is 0. The standard InChI is InChI=1S/C24H33N5O.HI/c1-25-24(26-16-18-10-11-21-19(15-18)7-6-13-28(21)2)27-20-12-14-29(17-20)22-8-4-5-9-23(22)30-3;/h4-5,8-11,15,20H,6-7,12-14,16-17H2,1-3H3,(H2,25,26,27);1H. The highest BCUT2D eigenvalue weighted by Crippen LogP contribution is 2.30. The van der Waals surface area contributed by atoms with Crippen LogP contribution in [0.4, 0.5) is 11.4 Å². The zero-order chi connectivity index (χ0) is 20.9. The van der Waals surface area contributed by atoms with E-state index in [1.54, 1.807) is 7.11 Å². The van der Waals surface area contributed by atoms with Crippen LogP contribution in [-0.2, 0) is 13.0 Å². The number of aryl methyl sites for hydroxylation is 1. The Labute approximate surface area is 203 Å². The van der Waals surface area contributed by atoms with Crippen molar-refractivity contribution in [3.63, 3.8) is 0 Å². The summed E-state index contributed by atoms with van der Waals surface area (Å²) < 4.78 is 5.53. The lowest BCUT2D eigenvalue weighted by molar-refractivity contribution is 0.415. The molecule has 7 heteroatoms. The van der Waals surface area contributed by atoms with Gasteiger partial charge in [0.05, 0.1) is 12.8 Å². The number of para-hydroxylation sites is 2. The molecule has 1 saturated heterocycles. The molecule has 31 heavy (non-hydrogen) atoms. The molecule has 1 unspecified atom stereocenters. The van der Waals surface area contributed by atoms with Crippen molar-refractivity contribution < 1.29 is 4.74 Å². The second-order valence-corrected chi connectivity index (χ2v) is 8.16. The van der Waals surface area contributed by atoms with E-state index in [0.29, 0.717) is 6.04 Å². The zero-order valence-electron chi connectivity index (χ0n) is 18.7. The van der Waals surface area contributed by atoms with E-state index in [1.165, 1.54) is 29.7 Å². The van der Waals surface area contributed by atoms with Gasteiger partial charge in [-0.3, -0.25) is 4.99 Å². The number of rotatable bonds is 5. The van der Waals surface area contributed by atoms with Crippen molar-refractivity contribution in [2.24, 2.45) is 4.99 Å². The van der Waals surface area contributed by atoms with Gasteiger partial charge in [-0.1, -0.05) is 24.3 Å². The van der Waals surface area contributed by atoms with Crippen LogP contribution in [0.2, 0.25) is 0 Å². The summed E-state index contributed by atoms with van der Waals surface area (Å²) in [6.07, 6.45) is 3.47. The molecule has 0 amide bonds. The Morgan fingerprint density at radius 1 is 1.16 bits per heavy atom. The lowest BCUT2D eigenvalue weighted by Gasteiger charge is -2.28. The van der Waals surface area contributed by atoms with Crippen LogP contribution in [0.1, 0.15) is 24.0 Å². The number of fused-ring (bicyclic) bond motifs is 1. The average Bonchev–Trinajstić information content (AvgIpc) is 3.25. The van der Waals surface area contributed by atoms with Crippen molar-refractivity contribution in [3.8, 4) is 5.75 Å². The van der Waals surface area contributed by atoms with Crippen LogP contribution in [0.3, 0.4) is 0 Å². The minimum Gasteiger partial charge on any atom is -0.495 e. The van der Waals surface area contributed by atoms with Gasteiger partial charge < -0.3 is 25.2 Å². The first-order valence-electron chi connectivity index (χ1n) is 10.9. The van der Waals surface area contributed by atoms with Gasteiger partial charge in [0.2, 0.25) is 0 Å². The molecule has 2 aliphatic rings. The molecule has 0 radical (unpaired) electrons. The molecular weight excluding hydrogens is 501 g/mol. The molecule has 6 nitrogen and oxygen atoms in total. The first kappa shape index (κ1) is 23.5. The number of anilines is 2. The zero-order valence-corrected chi connectivity index (χ0v) is 21.1. The van der Waals surface area contributed by atoms with Gasteiger partial charge in [0.1, 0.15) is 5.75 Å². The fourth-order valence-corrected chi connectivity index (χ4v) is 4.51. The molecule has 1 atom stereocenters. The molecule has 2 aromatic carbocycles. The highest BCUT2D eigenvalue weighted by molar-refractivity contribution is 14.0. The van der Waals surface area contributed by atoms with Crippen molar-refractivity contribution >= 4 is 41.3 Å². The molecule has 4 rings (SSSR count). The quantitative estimate of drug-likeness (QED) is 0.348. The normalized spacial score (nSPS) is 18.3. The summed E-state index contributed by atoms with van der Waals surface area (Å²) in [6, 6.07) is 15.4. The highest BCUT2D eigenvalue weighted by atomic mass is 127. The van der Waals surface area contributed by atoms with E-state index < -0.39 is 0 Å². The Morgan fingerprint density at radius 3 is 2.81 bits per heavy atom. The predicted octanol–water partition coefficient (Wildman–Crippen LogP) is 3.64. The number of nitrogens with zero attached hydrogens (tertiary/aromatic N) is 3. The van der Waals surface area contributed by atoms with Crippen molar-refractivity contribution in [2.45, 2.75) is 31.8 Å². The molecule has 2 aromatic rings. The molecule has 0 bridgehead atoms. The number of hydrogen-bond donors (Lipinski definition) is 2. The molecule has 1 fully saturated rings. The number of nitrogens with one attached hydrogen (secondary N) is 2. The fraction of sp³-hybridized carbons (Fsp3) is 0.458. The first-order valence-corrected chi connectivity index (χ1v) is 10.9. The smallest absolute Gasteiger partial charge is 0.191 e. The van der Waals surface area contributed by atoms with Gasteiger partial charge in [0.25, 0.3) is 0 Å². The SMILES string of the molecule is CN=C(NCc1ccc2c(c1)CCCN2C)NC1CCN(c2ccccc2OC)C1.I. The number of halogens is 1. The van der Waals surface area contributed by atoms with Crippen LogP contribution in [-0.4, -0.2) is 52.8 Å². The number of aliphatic imine (C=N–C) groups is 1. The minimum atomic E-state index is 0. The van der Waals surface area contributed by atoms with Gasteiger partial charge in [-0.05, 0) is 48.6 Å². The monoisotopic (exact) mass is 535 g/mol. The van der Waals surface area contributed by atoms with Crippen molar-refractivity contribution in [3.05, 3.63) is 53.6 Å². The van der Waals surface area contributed by atoms with Crippen LogP contribution in [0.25, 0.3) is 0 Å². The maximum absolute atomic E-state index is 5.53. The lowest BCUT2D eigenvalue weighted by Crippen LogP contribution is -2.44. The fourth-order valence-electron chi connectivity index (χ4n) is 4.51. The topological polar surface area (TPSA) is 52.1 Å². The van der Waals surface area contributed by atoms with Crippen LogP contribution >= 0.6 is 24.0 Å². The van der Waals surface area contributed by atoms with E-state index in [2.05, 4.69) is 62.8 Å². The van der Waals surface area contributed by atoms with Gasteiger partial charge in [0, 0.05) is 52.0 Å². The molecular formula is C24H34IN5O. The molecule has 2 aliphatic heterocycles. The number of hydrogen-bond acceptors (Lipinski definition) is 4. The highest BCUT2D eigenvalue weighted by Gasteiger charge is 2.25. The van der Waals surface area contributed by atoms with Gasteiger partial charge >= 0.3 is 0 Å². The van der Waals surface area contributed by atoms with Crippen molar-refractivity contribution in [2.75, 3.05) is 50.6 Å². The van der Waals surface area contributed by atoms with Gasteiger partial charge in [-0.2, -0.15) is 0 Å². The summed E-state index contributed by atoms with van der Waals surface area (Å²) in [7, 11) is 5.75. The molecule has 0 aliphatic carbocycles. The van der Waals surface area contributed by atoms with E-state index in [4.69, 9.17) is 4.74 Å². The predicted molar refractivity (Wildman–Crippen MR) is 140 cm³/mol. The summed E-state index contributed by atoms with van der Waals surface area (Å²) in [6.45, 7) is 3.87. The van der Waals surface area contributed by atoms with Crippen molar-refractivity contribution in [1.82, 2.24) is 10.6 Å². The summed E-state index contributed by atoms with van der Waals surface area (Å²) >= 11 is 0. The molecule has 2 N–H and O–H groups in total. The van der Waals surface area contributed by atoms with Crippen LogP contribution in [0.5, 0.6) is 5.75 Å². The Hall–Kier alpha value is -2.16. The lowest BCUT2D eigenvalue weighted by atomic mass is 9.99. The third-order valence-electron chi connectivity index (χ3n) is 6.13. The number of ether oxygens (including phenoxy) is 1. The average molecular weight is 535 g/mol. The van der Waals surface area contributed by atoms with E-state index in [0.717, 1.165) is 50.0 Å². The largest absolute Gasteiger partial charge is 0.495 e. The van der Waals surface area contributed by atoms with Crippen LogP contribution in [0, 0.1) is 0 Å². The number of guanidine groups is 1. The maximum Gasteiger partial charge on any atom is 0.191 e. The van der Waals surface area contributed by atoms with Gasteiger partial charge in [0.15, 0.2) is 5.96 Å². The van der Waals surface area contributed by atoms with E-state index >= 15 is 0 Å². The summed E-state index contributed by atoms with van der Waals surface area (Å²) in [4.78, 5) is 9.17. The Bertz CT molecular complexity index is 903. The Balaban J connectivity index is 0.00000272. The second-order valence-electron chi connectivity index (χ2n) is 8.16. The van der Waals surface area contributed by atoms with Crippen LogP contribution in [0.15, 0.2) is 47.5 Å². The summed E-state index contributed by atoms with van der Waals surface area (Å²) in [5.74, 6) is 1.79. The molecule has 0 saturated carbocycles. The second kappa shape index (κ2) is 10.9. The first-order chi connectivity index (χ1) is 14.7.